The SMILES string of the molecule is COc1ccc2nc(NC(=O)CCCC(=O)N3CCNC(=O)C3)sc2c1. The van der Waals surface area contributed by atoms with Crippen molar-refractivity contribution in [3.8, 4) is 5.75 Å². The number of methoxy groups -OCH3 is 1. The van der Waals surface area contributed by atoms with Gasteiger partial charge in [0, 0.05) is 25.9 Å². The maximum Gasteiger partial charge on any atom is 0.239 e. The molecular weight excluding hydrogens is 356 g/mol. The Morgan fingerprint density at radius 2 is 2.23 bits per heavy atom. The summed E-state index contributed by atoms with van der Waals surface area (Å²) in [7, 11) is 1.60. The summed E-state index contributed by atoms with van der Waals surface area (Å²) >= 11 is 1.38. The summed E-state index contributed by atoms with van der Waals surface area (Å²) in [5.41, 5.74) is 0.796. The van der Waals surface area contributed by atoms with Crippen molar-refractivity contribution in [3.05, 3.63) is 18.2 Å². The first-order chi connectivity index (χ1) is 12.5. The lowest BCUT2D eigenvalue weighted by molar-refractivity contribution is -0.138. The van der Waals surface area contributed by atoms with Gasteiger partial charge in [0.15, 0.2) is 5.13 Å². The van der Waals surface area contributed by atoms with E-state index in [4.69, 9.17) is 4.74 Å². The van der Waals surface area contributed by atoms with Gasteiger partial charge in [-0.05, 0) is 24.6 Å². The fraction of sp³-hybridized carbons (Fsp3) is 0.412. The number of ether oxygens (including phenoxy) is 1. The number of aromatic nitrogens is 1. The Morgan fingerprint density at radius 3 is 3.00 bits per heavy atom. The molecule has 0 radical (unpaired) electrons. The molecule has 0 saturated carbocycles. The zero-order chi connectivity index (χ0) is 18.5. The number of amides is 3. The Hall–Kier alpha value is -2.68. The van der Waals surface area contributed by atoms with Crippen molar-refractivity contribution in [1.82, 2.24) is 15.2 Å². The molecule has 2 N–H and O–H groups in total. The van der Waals surface area contributed by atoms with Crippen molar-refractivity contribution in [2.45, 2.75) is 19.3 Å². The second-order valence-electron chi connectivity index (χ2n) is 5.92. The molecular formula is C17H20N4O4S. The fourth-order valence-corrected chi connectivity index (χ4v) is 3.59. The average molecular weight is 376 g/mol. The molecule has 8 nitrogen and oxygen atoms in total. The maximum atomic E-state index is 12.1. The van der Waals surface area contributed by atoms with Crippen molar-refractivity contribution < 1.29 is 19.1 Å². The molecule has 0 bridgehead atoms. The van der Waals surface area contributed by atoms with Crippen LogP contribution in [0.4, 0.5) is 5.13 Å². The minimum Gasteiger partial charge on any atom is -0.497 e. The number of fused-ring (bicyclic) bond motifs is 1. The van der Waals surface area contributed by atoms with Crippen LogP contribution in [0, 0.1) is 0 Å². The predicted octanol–water partition coefficient (Wildman–Crippen LogP) is 1.37. The summed E-state index contributed by atoms with van der Waals surface area (Å²) in [5, 5.41) is 5.97. The number of carbonyl (C=O) groups is 3. The van der Waals surface area contributed by atoms with Gasteiger partial charge in [-0.15, -0.1) is 0 Å². The molecule has 1 aliphatic rings. The van der Waals surface area contributed by atoms with Crippen molar-refractivity contribution in [1.29, 1.82) is 0 Å². The van der Waals surface area contributed by atoms with Crippen LogP contribution in [-0.2, 0) is 14.4 Å². The predicted molar refractivity (Wildman–Crippen MR) is 98.2 cm³/mol. The van der Waals surface area contributed by atoms with Crippen molar-refractivity contribution in [2.75, 3.05) is 32.1 Å². The number of benzene rings is 1. The van der Waals surface area contributed by atoms with E-state index >= 15 is 0 Å². The standard InChI is InChI=1S/C17H20N4O4S/c1-25-11-5-6-12-13(9-11)26-17(19-12)20-14(22)3-2-4-16(24)21-8-7-18-15(23)10-21/h5-6,9H,2-4,7-8,10H2,1H3,(H,18,23)(H,19,20,22). The van der Waals surface area contributed by atoms with Crippen LogP contribution >= 0.6 is 11.3 Å². The number of piperazine rings is 1. The largest absolute Gasteiger partial charge is 0.497 e. The van der Waals surface area contributed by atoms with Gasteiger partial charge in [0.2, 0.25) is 17.7 Å². The van der Waals surface area contributed by atoms with Crippen LogP contribution in [0.3, 0.4) is 0 Å². The molecule has 138 valence electrons. The Kier molecular flexibility index (Phi) is 5.67. The van der Waals surface area contributed by atoms with Crippen LogP contribution in [0.2, 0.25) is 0 Å². The third kappa shape index (κ3) is 4.48. The smallest absolute Gasteiger partial charge is 0.239 e. The van der Waals surface area contributed by atoms with E-state index in [1.807, 2.05) is 18.2 Å². The summed E-state index contributed by atoms with van der Waals surface area (Å²) in [4.78, 5) is 41.3. The molecule has 1 saturated heterocycles. The Balaban J connectivity index is 1.46. The van der Waals surface area contributed by atoms with E-state index in [1.165, 1.54) is 16.2 Å². The van der Waals surface area contributed by atoms with Crippen molar-refractivity contribution in [2.24, 2.45) is 0 Å². The molecule has 9 heteroatoms. The Morgan fingerprint density at radius 1 is 1.38 bits per heavy atom. The number of carbonyl (C=O) groups excluding carboxylic acids is 3. The molecule has 1 fully saturated rings. The fourth-order valence-electron chi connectivity index (χ4n) is 2.68. The molecule has 0 aliphatic carbocycles. The highest BCUT2D eigenvalue weighted by atomic mass is 32.1. The first-order valence-corrected chi connectivity index (χ1v) is 9.16. The Bertz CT molecular complexity index is 835. The first kappa shape index (κ1) is 18.1. The van der Waals surface area contributed by atoms with Gasteiger partial charge < -0.3 is 20.3 Å². The number of hydrogen-bond donors (Lipinski definition) is 2. The molecule has 0 atom stereocenters. The maximum absolute atomic E-state index is 12.1. The second-order valence-corrected chi connectivity index (χ2v) is 6.95. The van der Waals surface area contributed by atoms with Crippen LogP contribution in [-0.4, -0.2) is 54.3 Å². The zero-order valence-corrected chi connectivity index (χ0v) is 15.2. The van der Waals surface area contributed by atoms with Crippen LogP contribution < -0.4 is 15.4 Å². The van der Waals surface area contributed by atoms with Crippen LogP contribution in [0.1, 0.15) is 19.3 Å². The highest BCUT2D eigenvalue weighted by Crippen LogP contribution is 2.29. The third-order valence-corrected chi connectivity index (χ3v) is 4.96. The number of nitrogens with one attached hydrogen (secondary N) is 2. The molecule has 3 amide bonds. The van der Waals surface area contributed by atoms with E-state index in [2.05, 4.69) is 15.6 Å². The lowest BCUT2D eigenvalue weighted by Gasteiger charge is -2.26. The van der Waals surface area contributed by atoms with Crippen molar-refractivity contribution >= 4 is 44.4 Å². The number of hydrogen-bond acceptors (Lipinski definition) is 6. The molecule has 0 spiro atoms. The van der Waals surface area contributed by atoms with Gasteiger partial charge >= 0.3 is 0 Å². The van der Waals surface area contributed by atoms with E-state index < -0.39 is 0 Å². The molecule has 2 heterocycles. The Labute approximate surface area is 154 Å². The van der Waals surface area contributed by atoms with Crippen LogP contribution in [0.5, 0.6) is 5.75 Å². The first-order valence-electron chi connectivity index (χ1n) is 8.34. The van der Waals surface area contributed by atoms with Crippen LogP contribution in [0.25, 0.3) is 10.2 Å². The van der Waals surface area contributed by atoms with Gasteiger partial charge in [0.25, 0.3) is 0 Å². The van der Waals surface area contributed by atoms with E-state index in [1.54, 1.807) is 7.11 Å². The van der Waals surface area contributed by atoms with Gasteiger partial charge in [0.05, 0.1) is 23.9 Å². The summed E-state index contributed by atoms with van der Waals surface area (Å²) in [6, 6.07) is 5.53. The molecule has 26 heavy (non-hydrogen) atoms. The summed E-state index contributed by atoms with van der Waals surface area (Å²) in [6.45, 7) is 1.10. The van der Waals surface area contributed by atoms with E-state index in [0.29, 0.717) is 24.6 Å². The van der Waals surface area contributed by atoms with E-state index in [0.717, 1.165) is 16.0 Å². The molecule has 2 aromatic rings. The summed E-state index contributed by atoms with van der Waals surface area (Å²) in [6.07, 6.45) is 0.907. The highest BCUT2D eigenvalue weighted by molar-refractivity contribution is 7.22. The minimum atomic E-state index is -0.180. The molecule has 1 aliphatic heterocycles. The zero-order valence-electron chi connectivity index (χ0n) is 14.4. The third-order valence-electron chi connectivity index (χ3n) is 4.03. The van der Waals surface area contributed by atoms with Gasteiger partial charge in [-0.25, -0.2) is 4.98 Å². The van der Waals surface area contributed by atoms with Crippen LogP contribution in [0.15, 0.2) is 18.2 Å². The number of nitrogens with zero attached hydrogens (tertiary/aromatic N) is 2. The van der Waals surface area contributed by atoms with Gasteiger partial charge in [-0.3, -0.25) is 14.4 Å². The van der Waals surface area contributed by atoms with Gasteiger partial charge in [0.1, 0.15) is 5.75 Å². The monoisotopic (exact) mass is 376 g/mol. The molecule has 3 rings (SSSR count). The minimum absolute atomic E-state index is 0.0974. The summed E-state index contributed by atoms with van der Waals surface area (Å²) in [5.74, 6) is 0.318. The van der Waals surface area contributed by atoms with Gasteiger partial charge in [-0.2, -0.15) is 0 Å². The molecule has 1 aromatic heterocycles. The molecule has 0 unspecified atom stereocenters. The number of anilines is 1. The highest BCUT2D eigenvalue weighted by Gasteiger charge is 2.20. The van der Waals surface area contributed by atoms with E-state index in [-0.39, 0.29) is 37.1 Å². The molecule has 1 aromatic carbocycles. The average Bonchev–Trinajstić information content (AvgIpc) is 3.02. The van der Waals surface area contributed by atoms with Crippen molar-refractivity contribution in [3.63, 3.8) is 0 Å². The van der Waals surface area contributed by atoms with Gasteiger partial charge in [-0.1, -0.05) is 11.3 Å². The summed E-state index contributed by atoms with van der Waals surface area (Å²) < 4.78 is 6.10. The number of rotatable bonds is 6. The second kappa shape index (κ2) is 8.13. The van der Waals surface area contributed by atoms with E-state index in [9.17, 15) is 14.4 Å². The quantitative estimate of drug-likeness (QED) is 0.793. The normalized spacial score (nSPS) is 14.2. The number of thiazole rings is 1. The topological polar surface area (TPSA) is 101 Å². The lowest BCUT2D eigenvalue weighted by Crippen LogP contribution is -2.49. The lowest BCUT2D eigenvalue weighted by atomic mass is 10.2.